The van der Waals surface area contributed by atoms with Crippen LogP contribution >= 0.6 is 45.3 Å². The molecule has 38 heavy (non-hydrogen) atoms. The van der Waals surface area contributed by atoms with Crippen molar-refractivity contribution in [3.8, 4) is 55.3 Å². The lowest BCUT2D eigenvalue weighted by atomic mass is 9.95. The van der Waals surface area contributed by atoms with Gasteiger partial charge in [0, 0.05) is 11.1 Å². The van der Waals surface area contributed by atoms with E-state index in [4.69, 9.17) is 30.5 Å². The number of aliphatic imine (C=N–C) groups is 2. The Morgan fingerprint density at radius 1 is 0.632 bits per heavy atom. The van der Waals surface area contributed by atoms with Crippen LogP contribution in [-0.4, -0.2) is 11.4 Å². The molecule has 2 aliphatic rings. The summed E-state index contributed by atoms with van der Waals surface area (Å²) in [5.74, 6) is 1.57. The highest BCUT2D eigenvalue weighted by atomic mass is 32.1. The second-order valence-electron chi connectivity index (χ2n) is 9.43. The van der Waals surface area contributed by atoms with E-state index in [1.165, 1.54) is 22.7 Å². The van der Waals surface area contributed by atoms with Gasteiger partial charge < -0.3 is 9.47 Å². The van der Waals surface area contributed by atoms with E-state index < -0.39 is 11.2 Å². The van der Waals surface area contributed by atoms with Crippen molar-refractivity contribution >= 4 is 76.2 Å². The van der Waals surface area contributed by atoms with Gasteiger partial charge in [0.25, 0.3) is 0 Å². The first kappa shape index (κ1) is 24.3. The van der Waals surface area contributed by atoms with Crippen molar-refractivity contribution in [3.63, 3.8) is 0 Å². The fourth-order valence-electron chi connectivity index (χ4n) is 4.47. The minimum Gasteiger partial charge on any atom is -0.480 e. The Kier molecular flexibility index (Phi) is 5.26. The van der Waals surface area contributed by atoms with Crippen molar-refractivity contribution in [2.75, 3.05) is 0 Å². The molecule has 0 saturated carbocycles. The van der Waals surface area contributed by atoms with Crippen LogP contribution in [0, 0.1) is 45.3 Å². The van der Waals surface area contributed by atoms with Gasteiger partial charge in [0.15, 0.2) is 11.5 Å². The number of rotatable bonds is 2. The van der Waals surface area contributed by atoms with E-state index in [1.54, 1.807) is 22.7 Å². The minimum absolute atomic E-state index is 0.188. The Balaban J connectivity index is 1.54. The number of thiophene rings is 4. The summed E-state index contributed by atoms with van der Waals surface area (Å²) in [6.45, 7) is 7.96. The molecule has 0 saturated heterocycles. The topological polar surface area (TPSA) is 138 Å². The monoisotopic (exact) mass is 570 g/mol. The van der Waals surface area contributed by atoms with Gasteiger partial charge in [0.05, 0.1) is 28.9 Å². The standard InChI is InChI=1S/C26H14N6O2S4/c1-25(2)13-5-15(31-11(7-27)8-28)35-19(13)21-17(33-25)23-24(37-21)18-22(38-23)20-14(26(3,4)34-18)6-16(36-20)32-12(9-29)10-30/h5-6H,1-4H3. The lowest BCUT2D eigenvalue weighted by molar-refractivity contribution is 0.108. The number of fused-ring (bicyclic) bond motifs is 9. The predicted molar refractivity (Wildman–Crippen MR) is 150 cm³/mol. The zero-order chi connectivity index (χ0) is 27.0. The van der Waals surface area contributed by atoms with Crippen molar-refractivity contribution < 1.29 is 9.47 Å². The second-order valence-corrected chi connectivity index (χ2v) is 13.5. The first-order valence-corrected chi connectivity index (χ1v) is 14.4. The Morgan fingerprint density at radius 3 is 1.34 bits per heavy atom. The zero-order valence-corrected chi connectivity index (χ0v) is 23.6. The third kappa shape index (κ3) is 3.47. The number of hydrogen-bond donors (Lipinski definition) is 0. The number of ether oxygens (including phenoxy) is 2. The molecule has 0 amide bonds. The predicted octanol–water partition coefficient (Wildman–Crippen LogP) is 7.91. The van der Waals surface area contributed by atoms with E-state index in [0.717, 1.165) is 51.5 Å². The first-order chi connectivity index (χ1) is 18.1. The fourth-order valence-corrected chi connectivity index (χ4v) is 9.72. The van der Waals surface area contributed by atoms with Crippen molar-refractivity contribution in [2.45, 2.75) is 38.9 Å². The van der Waals surface area contributed by atoms with Gasteiger partial charge in [0.1, 0.15) is 45.5 Å². The second kappa shape index (κ2) is 8.23. The molecular weight excluding hydrogens is 557 g/mol. The van der Waals surface area contributed by atoms with Crippen LogP contribution in [0.1, 0.15) is 38.8 Å². The summed E-state index contributed by atoms with van der Waals surface area (Å²) in [7, 11) is 0. The van der Waals surface area contributed by atoms with E-state index >= 15 is 0 Å². The summed E-state index contributed by atoms with van der Waals surface area (Å²) in [5.41, 5.74) is 0.249. The molecular formula is C26H14N6O2S4. The molecule has 0 N–H and O–H groups in total. The third-order valence-electron chi connectivity index (χ3n) is 6.17. The van der Waals surface area contributed by atoms with Crippen molar-refractivity contribution in [1.82, 2.24) is 0 Å². The van der Waals surface area contributed by atoms with Gasteiger partial charge in [-0.15, -0.1) is 45.3 Å². The largest absolute Gasteiger partial charge is 0.480 e. The summed E-state index contributed by atoms with van der Waals surface area (Å²) in [6, 6.07) is 11.1. The van der Waals surface area contributed by atoms with Gasteiger partial charge in [-0.2, -0.15) is 21.0 Å². The molecule has 0 spiro atoms. The van der Waals surface area contributed by atoms with Crippen molar-refractivity contribution in [3.05, 3.63) is 23.3 Å². The van der Waals surface area contributed by atoms with Gasteiger partial charge in [-0.05, 0) is 39.8 Å². The number of nitrogens with zero attached hydrogens (tertiary/aromatic N) is 6. The van der Waals surface area contributed by atoms with E-state index in [9.17, 15) is 0 Å². The van der Waals surface area contributed by atoms with Crippen LogP contribution in [0.4, 0.5) is 10.0 Å². The summed E-state index contributed by atoms with van der Waals surface area (Å²) in [4.78, 5) is 12.4. The molecule has 0 aliphatic carbocycles. The highest BCUT2D eigenvalue weighted by Crippen LogP contribution is 2.64. The molecule has 4 aromatic heterocycles. The van der Waals surface area contributed by atoms with Crippen LogP contribution in [-0.2, 0) is 11.2 Å². The maximum Gasteiger partial charge on any atom is 0.219 e. The number of hydrogen-bond acceptors (Lipinski definition) is 12. The van der Waals surface area contributed by atoms with Gasteiger partial charge in [0.2, 0.25) is 11.4 Å². The molecule has 0 atom stereocenters. The zero-order valence-electron chi connectivity index (χ0n) is 20.3. The van der Waals surface area contributed by atoms with Crippen LogP contribution in [0.5, 0.6) is 11.5 Å². The maximum atomic E-state index is 9.14. The number of nitriles is 4. The van der Waals surface area contributed by atoms with Crippen LogP contribution in [0.15, 0.2) is 22.1 Å². The smallest absolute Gasteiger partial charge is 0.219 e. The Morgan fingerprint density at radius 2 is 1.00 bits per heavy atom. The molecule has 0 radical (unpaired) electrons. The van der Waals surface area contributed by atoms with Gasteiger partial charge in [-0.3, -0.25) is 0 Å². The average molecular weight is 571 g/mol. The Labute approximate surface area is 233 Å². The van der Waals surface area contributed by atoms with Gasteiger partial charge >= 0.3 is 0 Å². The van der Waals surface area contributed by atoms with Crippen LogP contribution in [0.3, 0.4) is 0 Å². The van der Waals surface area contributed by atoms with E-state index in [1.807, 2.05) is 64.1 Å². The molecule has 6 heterocycles. The van der Waals surface area contributed by atoms with Gasteiger partial charge in [-0.25, -0.2) is 9.98 Å². The summed E-state index contributed by atoms with van der Waals surface area (Å²) in [6.07, 6.45) is 0. The van der Waals surface area contributed by atoms with Crippen LogP contribution < -0.4 is 9.47 Å². The molecule has 0 bridgehead atoms. The minimum atomic E-state index is -0.647. The average Bonchev–Trinajstić information content (AvgIpc) is 3.63. The molecule has 12 heteroatoms. The SMILES string of the molecule is CC1(C)Oc2c(sc3c4c(sc23)-c2sc(N=C(C#N)C#N)cc2C(C)(C)O4)-c2sc(N=C(C#N)C#N)cc21. The normalized spacial score (nSPS) is 15.1. The molecule has 184 valence electrons. The van der Waals surface area contributed by atoms with Gasteiger partial charge in [-0.1, -0.05) is 0 Å². The molecule has 6 rings (SSSR count). The Bertz CT molecular complexity index is 1760. The van der Waals surface area contributed by atoms with Crippen LogP contribution in [0.25, 0.3) is 28.9 Å². The lowest BCUT2D eigenvalue weighted by Gasteiger charge is -2.31. The fraction of sp³-hybridized carbons (Fsp3) is 0.231. The molecule has 4 aromatic rings. The summed E-state index contributed by atoms with van der Waals surface area (Å²) < 4.78 is 15.1. The third-order valence-corrected chi connectivity index (χ3v) is 11.0. The van der Waals surface area contributed by atoms with E-state index in [0.29, 0.717) is 10.0 Å². The summed E-state index contributed by atoms with van der Waals surface area (Å²) >= 11 is 6.06. The van der Waals surface area contributed by atoms with E-state index in [2.05, 4.69) is 9.98 Å². The lowest BCUT2D eigenvalue weighted by Crippen LogP contribution is -2.27. The Hall–Kier alpha value is -4.04. The molecule has 0 fully saturated rings. The molecule has 2 aliphatic heterocycles. The first-order valence-electron chi connectivity index (χ1n) is 11.1. The van der Waals surface area contributed by atoms with Crippen molar-refractivity contribution in [2.24, 2.45) is 9.98 Å². The van der Waals surface area contributed by atoms with E-state index in [-0.39, 0.29) is 11.4 Å². The van der Waals surface area contributed by atoms with Crippen molar-refractivity contribution in [1.29, 1.82) is 21.0 Å². The highest BCUT2D eigenvalue weighted by Gasteiger charge is 2.42. The maximum absolute atomic E-state index is 9.14. The summed E-state index contributed by atoms with van der Waals surface area (Å²) in [5, 5.41) is 37.7. The molecule has 0 aromatic carbocycles. The highest BCUT2D eigenvalue weighted by molar-refractivity contribution is 7.35. The van der Waals surface area contributed by atoms with Crippen LogP contribution in [0.2, 0.25) is 0 Å². The molecule has 8 nitrogen and oxygen atoms in total. The molecule has 0 unspecified atom stereocenters. The quantitative estimate of drug-likeness (QED) is 0.224.